The Labute approximate surface area is 97.1 Å². The summed E-state index contributed by atoms with van der Waals surface area (Å²) >= 11 is 0. The maximum Gasteiger partial charge on any atom is 0.264 e. The summed E-state index contributed by atoms with van der Waals surface area (Å²) in [5.41, 5.74) is 0. The molecule has 0 fully saturated rings. The Morgan fingerprint density at radius 2 is 0.938 bits per heavy atom. The molecule has 0 aromatic carbocycles. The zero-order valence-corrected chi connectivity index (χ0v) is 11.2. The minimum atomic E-state index is -3.67. The summed E-state index contributed by atoms with van der Waals surface area (Å²) in [7, 11) is -7.35. The predicted octanol–water partition coefficient (Wildman–Crippen LogP) is 0.892. The first-order valence-corrected chi connectivity index (χ1v) is 7.24. The molecule has 8 N–H and O–H groups in total. The van der Waals surface area contributed by atoms with Crippen molar-refractivity contribution in [2.75, 3.05) is 11.5 Å². The smallest absolute Gasteiger partial charge is 0.264 e. The molecule has 0 aromatic heterocycles. The van der Waals surface area contributed by atoms with E-state index < -0.39 is 20.2 Å². The highest BCUT2D eigenvalue weighted by Gasteiger charge is 1.98. The van der Waals surface area contributed by atoms with Gasteiger partial charge in [0.15, 0.2) is 0 Å². The van der Waals surface area contributed by atoms with E-state index in [1.165, 1.54) is 0 Å². The van der Waals surface area contributed by atoms with Crippen molar-refractivity contribution in [3.63, 3.8) is 0 Å². The van der Waals surface area contributed by atoms with Crippen molar-refractivity contribution in [1.29, 1.82) is 0 Å². The number of hydrogen-bond donors (Lipinski definition) is 4. The summed E-state index contributed by atoms with van der Waals surface area (Å²) in [5, 5.41) is 0. The molecule has 0 unspecified atom stereocenters. The van der Waals surface area contributed by atoms with Crippen LogP contribution in [0.15, 0.2) is 0 Å². The van der Waals surface area contributed by atoms with Gasteiger partial charge in [0.1, 0.15) is 0 Å². The third kappa shape index (κ3) is 37.2. The van der Waals surface area contributed by atoms with Crippen molar-refractivity contribution < 1.29 is 25.9 Å². The molecule has 0 spiro atoms. The third-order valence-electron chi connectivity index (χ3n) is 0.924. The van der Waals surface area contributed by atoms with E-state index in [0.717, 1.165) is 0 Å². The molecule has 0 atom stereocenters. The van der Waals surface area contributed by atoms with Crippen LogP contribution in [0, 0.1) is 0 Å². The predicted molar refractivity (Wildman–Crippen MR) is 63.5 cm³/mol. The molecule has 0 bridgehead atoms. The van der Waals surface area contributed by atoms with Gasteiger partial charge in [-0.1, -0.05) is 13.8 Å². The van der Waals surface area contributed by atoms with Crippen LogP contribution in [0.25, 0.3) is 0 Å². The molecule has 0 radical (unpaired) electrons. The lowest BCUT2D eigenvalue weighted by Crippen LogP contribution is -2.01. The first-order valence-electron chi connectivity index (χ1n) is 4.02. The van der Waals surface area contributed by atoms with Crippen LogP contribution in [-0.2, 0) is 20.2 Å². The minimum absolute atomic E-state index is 0. The molecule has 0 saturated carbocycles. The lowest BCUT2D eigenvalue weighted by atomic mass is 10.6. The van der Waals surface area contributed by atoms with E-state index in [2.05, 4.69) is 0 Å². The highest BCUT2D eigenvalue weighted by Crippen LogP contribution is 1.84. The maximum atomic E-state index is 9.79. The van der Waals surface area contributed by atoms with Gasteiger partial charge in [-0.2, -0.15) is 16.8 Å². The molecule has 0 rings (SSSR count). The fraction of sp³-hybridized carbons (Fsp3) is 1.00. The normalized spacial score (nSPS) is 10.2. The van der Waals surface area contributed by atoms with Gasteiger partial charge in [-0.15, -0.1) is 0 Å². The van der Waals surface area contributed by atoms with Crippen molar-refractivity contribution in [3.8, 4) is 0 Å². The van der Waals surface area contributed by atoms with E-state index in [0.29, 0.717) is 12.8 Å². The second-order valence-electron chi connectivity index (χ2n) is 2.57. The van der Waals surface area contributed by atoms with E-state index in [-0.39, 0.29) is 23.8 Å². The van der Waals surface area contributed by atoms with Gasteiger partial charge >= 0.3 is 0 Å². The van der Waals surface area contributed by atoms with E-state index in [1.807, 2.05) is 0 Å². The fourth-order valence-corrected chi connectivity index (χ4v) is 1.55. The first kappa shape index (κ1) is 24.8. The van der Waals surface area contributed by atoms with Crippen molar-refractivity contribution in [1.82, 2.24) is 12.3 Å². The van der Waals surface area contributed by atoms with Crippen molar-refractivity contribution in [2.24, 2.45) is 0 Å². The third-order valence-corrected chi connectivity index (χ3v) is 2.77. The van der Waals surface area contributed by atoms with Gasteiger partial charge in [-0.05, 0) is 12.8 Å². The summed E-state index contributed by atoms with van der Waals surface area (Å²) in [6.45, 7) is 3.38. The Kier molecular flexibility index (Phi) is 17.4. The lowest BCUT2D eigenvalue weighted by molar-refractivity contribution is 0.480. The van der Waals surface area contributed by atoms with E-state index in [1.54, 1.807) is 13.8 Å². The standard InChI is InChI=1S/2C3H8O3S.2H3N/c2*1-2-3-7(4,5)6;;/h2*2-3H2,1H3,(H,4,5,6);2*1H3. The molecule has 8 nitrogen and oxygen atoms in total. The maximum absolute atomic E-state index is 9.79. The summed E-state index contributed by atoms with van der Waals surface area (Å²) < 4.78 is 55.1. The van der Waals surface area contributed by atoms with Gasteiger partial charge in [0.05, 0.1) is 11.5 Å². The van der Waals surface area contributed by atoms with Gasteiger partial charge in [-0.3, -0.25) is 9.11 Å². The van der Waals surface area contributed by atoms with Gasteiger partial charge in [0.2, 0.25) is 0 Å². The summed E-state index contributed by atoms with van der Waals surface area (Å²) in [5.74, 6) is -0.264. The van der Waals surface area contributed by atoms with Gasteiger partial charge in [0.25, 0.3) is 20.2 Å². The largest absolute Gasteiger partial charge is 0.344 e. The van der Waals surface area contributed by atoms with Crippen LogP contribution < -0.4 is 12.3 Å². The molecule has 0 aromatic rings. The fourth-order valence-electron chi connectivity index (χ4n) is 0.516. The topological polar surface area (TPSA) is 179 Å². The van der Waals surface area contributed by atoms with Crippen LogP contribution in [0.3, 0.4) is 0 Å². The van der Waals surface area contributed by atoms with Gasteiger partial charge < -0.3 is 12.3 Å². The SMILES string of the molecule is CCCS(=O)(=O)O.CCCS(=O)(=O)O.N.N. The van der Waals surface area contributed by atoms with Crippen LogP contribution in [-0.4, -0.2) is 37.4 Å². The summed E-state index contributed by atoms with van der Waals surface area (Å²) in [6.07, 6.45) is 0.942. The average Bonchev–Trinajstić information content (AvgIpc) is 1.81. The first-order chi connectivity index (χ1) is 6.12. The summed E-state index contributed by atoms with van der Waals surface area (Å²) in [6, 6.07) is 0. The average molecular weight is 282 g/mol. The van der Waals surface area contributed by atoms with Crippen LogP contribution in [0.4, 0.5) is 0 Å². The van der Waals surface area contributed by atoms with E-state index in [9.17, 15) is 16.8 Å². The van der Waals surface area contributed by atoms with E-state index in [4.69, 9.17) is 9.11 Å². The second kappa shape index (κ2) is 11.2. The van der Waals surface area contributed by atoms with Crippen molar-refractivity contribution in [3.05, 3.63) is 0 Å². The molecular weight excluding hydrogens is 260 g/mol. The molecular formula is C6H22N2O6S2. The van der Waals surface area contributed by atoms with Crippen molar-refractivity contribution >= 4 is 20.2 Å². The lowest BCUT2D eigenvalue weighted by Gasteiger charge is -1.86. The zero-order valence-electron chi connectivity index (χ0n) is 9.59. The van der Waals surface area contributed by atoms with E-state index >= 15 is 0 Å². The Balaban J connectivity index is -0.0000000800. The second-order valence-corrected chi connectivity index (χ2v) is 5.72. The quantitative estimate of drug-likeness (QED) is 0.548. The van der Waals surface area contributed by atoms with Crippen molar-refractivity contribution in [2.45, 2.75) is 26.7 Å². The Morgan fingerprint density at radius 1 is 0.750 bits per heavy atom. The van der Waals surface area contributed by atoms with Crippen LogP contribution in [0.1, 0.15) is 26.7 Å². The Morgan fingerprint density at radius 3 is 0.938 bits per heavy atom. The highest BCUT2D eigenvalue weighted by atomic mass is 32.2. The molecule has 0 amide bonds. The number of rotatable bonds is 4. The summed E-state index contributed by atoms with van der Waals surface area (Å²) in [4.78, 5) is 0. The van der Waals surface area contributed by atoms with Crippen LogP contribution in [0.5, 0.6) is 0 Å². The van der Waals surface area contributed by atoms with Gasteiger partial charge in [-0.25, -0.2) is 0 Å². The molecule has 0 aliphatic rings. The Bertz CT molecular complexity index is 289. The molecule has 0 heterocycles. The highest BCUT2D eigenvalue weighted by molar-refractivity contribution is 7.86. The molecule has 0 aliphatic carbocycles. The number of hydrogen-bond acceptors (Lipinski definition) is 6. The molecule has 104 valence electrons. The monoisotopic (exact) mass is 282 g/mol. The van der Waals surface area contributed by atoms with Crippen LogP contribution >= 0.6 is 0 Å². The van der Waals surface area contributed by atoms with Gasteiger partial charge in [0, 0.05) is 0 Å². The molecule has 0 saturated heterocycles. The zero-order chi connectivity index (χ0) is 11.8. The Hall–Kier alpha value is -0.260. The van der Waals surface area contributed by atoms with Crippen LogP contribution in [0.2, 0.25) is 0 Å². The molecule has 0 aliphatic heterocycles. The molecule has 10 heteroatoms. The molecule has 16 heavy (non-hydrogen) atoms. The minimum Gasteiger partial charge on any atom is -0.344 e.